The number of hydrogen-bond acceptors (Lipinski definition) is 3. The van der Waals surface area contributed by atoms with Crippen molar-refractivity contribution >= 4 is 35.7 Å². The predicted octanol–water partition coefficient (Wildman–Crippen LogP) is 2.34. The summed E-state index contributed by atoms with van der Waals surface area (Å²) < 4.78 is 15.9. The van der Waals surface area contributed by atoms with E-state index in [1.54, 1.807) is 26.0 Å². The van der Waals surface area contributed by atoms with Crippen LogP contribution in [0.1, 0.15) is 27.0 Å². The SMILES string of the molecule is Cc1cc(C)c(C(=O)OP(=O)(O)O)c(C)c1.[Li][c]1ccccc1. The van der Waals surface area contributed by atoms with Gasteiger partial charge in [0.1, 0.15) is 0 Å². The van der Waals surface area contributed by atoms with Gasteiger partial charge in [0, 0.05) is 0 Å². The summed E-state index contributed by atoms with van der Waals surface area (Å²) in [6.45, 7) is 5.25. The van der Waals surface area contributed by atoms with Crippen LogP contribution in [0, 0.1) is 20.8 Å². The number of carbonyl (C=O) groups excluding carboxylic acids is 1. The molecule has 0 aliphatic carbocycles. The average Bonchev–Trinajstić information content (AvgIpc) is 2.36. The topological polar surface area (TPSA) is 83.8 Å². The molecule has 0 aliphatic heterocycles. The van der Waals surface area contributed by atoms with Crippen molar-refractivity contribution in [3.63, 3.8) is 0 Å². The van der Waals surface area contributed by atoms with Crippen LogP contribution < -0.4 is 4.24 Å². The maximum absolute atomic E-state index is 11.5. The van der Waals surface area contributed by atoms with Gasteiger partial charge >= 0.3 is 66.1 Å². The van der Waals surface area contributed by atoms with Gasteiger partial charge in [0.05, 0.1) is 5.56 Å². The van der Waals surface area contributed by atoms with E-state index in [0.29, 0.717) is 11.1 Å². The zero-order valence-electron chi connectivity index (χ0n) is 13.6. The molecule has 5 nitrogen and oxygen atoms in total. The Labute approximate surface area is 145 Å². The molecule has 23 heavy (non-hydrogen) atoms. The van der Waals surface area contributed by atoms with Crippen molar-refractivity contribution in [2.45, 2.75) is 20.8 Å². The first-order valence-corrected chi connectivity index (χ1v) is 8.52. The molecular weight excluding hydrogens is 310 g/mol. The number of aryl methyl sites for hydroxylation is 3. The van der Waals surface area contributed by atoms with Crippen LogP contribution in [0.3, 0.4) is 0 Å². The minimum atomic E-state index is -4.79. The summed E-state index contributed by atoms with van der Waals surface area (Å²) in [4.78, 5) is 28.6. The average molecular weight is 328 g/mol. The van der Waals surface area contributed by atoms with Crippen molar-refractivity contribution in [1.29, 1.82) is 0 Å². The van der Waals surface area contributed by atoms with Crippen LogP contribution >= 0.6 is 7.82 Å². The molecule has 2 aromatic carbocycles. The molecule has 0 spiro atoms. The Morgan fingerprint density at radius 3 is 1.87 bits per heavy atom. The normalized spacial score (nSPS) is 10.6. The third-order valence-electron chi connectivity index (χ3n) is 3.02. The molecule has 0 saturated heterocycles. The van der Waals surface area contributed by atoms with E-state index in [4.69, 9.17) is 9.79 Å². The molecular formula is C16H18LiO5P. The Bertz CT molecular complexity index is 702. The van der Waals surface area contributed by atoms with Gasteiger partial charge in [0.15, 0.2) is 0 Å². The van der Waals surface area contributed by atoms with E-state index in [9.17, 15) is 9.36 Å². The molecule has 0 saturated carbocycles. The monoisotopic (exact) mass is 328 g/mol. The van der Waals surface area contributed by atoms with Gasteiger partial charge in [-0.1, -0.05) is 17.7 Å². The van der Waals surface area contributed by atoms with Crippen LogP contribution in [0.15, 0.2) is 42.5 Å². The Hall–Kier alpha value is -1.34. The van der Waals surface area contributed by atoms with Gasteiger partial charge in [-0.25, -0.2) is 9.36 Å². The zero-order valence-corrected chi connectivity index (χ0v) is 14.5. The molecule has 2 aromatic rings. The molecule has 0 aliphatic rings. The molecule has 7 heteroatoms. The number of benzene rings is 2. The summed E-state index contributed by atoms with van der Waals surface area (Å²) in [5.74, 6) is -0.997. The first-order chi connectivity index (χ1) is 10.6. The zero-order chi connectivity index (χ0) is 17.6. The molecule has 0 radical (unpaired) electrons. The Kier molecular flexibility index (Phi) is 7.28. The van der Waals surface area contributed by atoms with Crippen molar-refractivity contribution in [3.8, 4) is 0 Å². The minimum absolute atomic E-state index is 0.203. The summed E-state index contributed by atoms with van der Waals surface area (Å²) in [7, 11) is -4.79. The van der Waals surface area contributed by atoms with E-state index in [0.717, 1.165) is 5.56 Å². The molecule has 0 unspecified atom stereocenters. The summed E-state index contributed by atoms with van der Waals surface area (Å²) >= 11 is 2.08. The molecule has 0 amide bonds. The molecule has 0 atom stereocenters. The van der Waals surface area contributed by atoms with Crippen LogP contribution in [0.25, 0.3) is 0 Å². The second kappa shape index (κ2) is 8.49. The van der Waals surface area contributed by atoms with Crippen molar-refractivity contribution in [1.82, 2.24) is 0 Å². The second-order valence-corrected chi connectivity index (χ2v) is 6.46. The van der Waals surface area contributed by atoms with E-state index in [2.05, 4.69) is 34.4 Å². The first kappa shape index (κ1) is 19.7. The van der Waals surface area contributed by atoms with Gasteiger partial charge in [-0.15, -0.1) is 0 Å². The quantitative estimate of drug-likeness (QED) is 0.653. The fraction of sp³-hybridized carbons (Fsp3) is 0.188. The molecule has 2 N–H and O–H groups in total. The fourth-order valence-corrected chi connectivity index (χ4v) is 2.50. The van der Waals surface area contributed by atoms with E-state index in [1.807, 2.05) is 25.1 Å². The number of hydrogen-bond donors (Lipinski definition) is 2. The summed E-state index contributed by atoms with van der Waals surface area (Å²) in [6.07, 6.45) is 0. The number of rotatable bonds is 2. The summed E-state index contributed by atoms with van der Waals surface area (Å²) in [5, 5.41) is 0. The maximum atomic E-state index is 11.5. The Morgan fingerprint density at radius 1 is 1.04 bits per heavy atom. The summed E-state index contributed by atoms with van der Waals surface area (Å²) in [5.41, 5.74) is 2.45. The van der Waals surface area contributed by atoms with E-state index < -0.39 is 13.8 Å². The Balaban J connectivity index is 0.000000313. The van der Waals surface area contributed by atoms with Crippen LogP contribution in [0.5, 0.6) is 0 Å². The molecule has 118 valence electrons. The van der Waals surface area contributed by atoms with E-state index >= 15 is 0 Å². The fourth-order valence-electron chi connectivity index (χ4n) is 2.19. The van der Waals surface area contributed by atoms with Gasteiger partial charge in [0.25, 0.3) is 0 Å². The second-order valence-electron chi connectivity index (χ2n) is 5.30. The van der Waals surface area contributed by atoms with Gasteiger partial charge < -0.3 is 4.52 Å². The number of phosphoric acid groups is 1. The standard InChI is InChI=1S/C10H13O5P.C6H5.Li/c1-6-4-7(2)9(8(3)5-6)10(11)15-16(12,13)14;1-2-4-6-5-3-1;/h4-5H,1-3H3,(H2,12,13,14);1-5H;. The van der Waals surface area contributed by atoms with E-state index in [-0.39, 0.29) is 5.56 Å². The van der Waals surface area contributed by atoms with Gasteiger partial charge in [-0.05, 0) is 31.9 Å². The van der Waals surface area contributed by atoms with Crippen molar-refractivity contribution in [3.05, 3.63) is 64.7 Å². The van der Waals surface area contributed by atoms with Crippen molar-refractivity contribution < 1.29 is 23.7 Å². The third-order valence-corrected chi connectivity index (χ3v) is 3.43. The number of carbonyl (C=O) groups is 1. The van der Waals surface area contributed by atoms with Crippen LogP contribution in [0.2, 0.25) is 0 Å². The summed E-state index contributed by atoms with van der Waals surface area (Å²) in [6, 6.07) is 13.8. The number of phosphoric ester groups is 1. The molecule has 0 fully saturated rings. The first-order valence-electron chi connectivity index (χ1n) is 6.99. The predicted molar refractivity (Wildman–Crippen MR) is 89.9 cm³/mol. The van der Waals surface area contributed by atoms with Gasteiger partial charge in [-0.2, -0.15) is 0 Å². The third kappa shape index (κ3) is 7.18. The van der Waals surface area contributed by atoms with Gasteiger partial charge in [0.2, 0.25) is 0 Å². The van der Waals surface area contributed by atoms with Crippen LogP contribution in [0.4, 0.5) is 0 Å². The van der Waals surface area contributed by atoms with Gasteiger partial charge in [-0.3, -0.25) is 9.79 Å². The van der Waals surface area contributed by atoms with Crippen LogP contribution in [-0.4, -0.2) is 33.5 Å². The van der Waals surface area contributed by atoms with E-state index in [1.165, 1.54) is 4.24 Å². The van der Waals surface area contributed by atoms with Crippen molar-refractivity contribution in [2.75, 3.05) is 0 Å². The molecule has 0 aromatic heterocycles. The molecule has 2 rings (SSSR count). The molecule has 0 bridgehead atoms. The molecule has 0 heterocycles. The van der Waals surface area contributed by atoms with Crippen molar-refractivity contribution in [2.24, 2.45) is 0 Å². The Morgan fingerprint density at radius 2 is 1.52 bits per heavy atom. The van der Waals surface area contributed by atoms with Crippen LogP contribution in [-0.2, 0) is 9.09 Å².